The number of aromatic nitrogens is 2. The van der Waals surface area contributed by atoms with Gasteiger partial charge >= 0.3 is 0 Å². The second-order valence-corrected chi connectivity index (χ2v) is 6.49. The number of aliphatic hydroxyl groups excluding tert-OH is 1. The highest BCUT2D eigenvalue weighted by atomic mass is 32.1. The monoisotopic (exact) mass is 291 g/mol. The van der Waals surface area contributed by atoms with Gasteiger partial charge in [-0.05, 0) is 37.1 Å². The molecule has 1 N–H and O–H groups in total. The van der Waals surface area contributed by atoms with E-state index in [1.54, 1.807) is 11.3 Å². The molecule has 0 spiro atoms. The van der Waals surface area contributed by atoms with Crippen LogP contribution in [0.15, 0.2) is 21.3 Å². The van der Waals surface area contributed by atoms with Crippen molar-refractivity contribution in [3.8, 4) is 11.5 Å². The Balaban J connectivity index is 1.50. The molecule has 2 atom stereocenters. The molecule has 0 radical (unpaired) electrons. The van der Waals surface area contributed by atoms with E-state index in [1.807, 2.05) is 16.8 Å². The number of thiophene rings is 1. The molecule has 4 rings (SSSR count). The largest absolute Gasteiger partial charge is 0.393 e. The molecule has 2 aliphatic heterocycles. The van der Waals surface area contributed by atoms with Gasteiger partial charge < -0.3 is 9.63 Å². The van der Waals surface area contributed by atoms with Crippen LogP contribution in [0, 0.1) is 0 Å². The lowest BCUT2D eigenvalue weighted by Crippen LogP contribution is -2.44. The van der Waals surface area contributed by atoms with Crippen LogP contribution < -0.4 is 0 Å². The number of aliphatic hydroxyl groups is 1. The third-order valence-corrected chi connectivity index (χ3v) is 5.10. The molecule has 106 valence electrons. The fourth-order valence-electron chi connectivity index (χ4n) is 3.49. The van der Waals surface area contributed by atoms with Gasteiger partial charge in [0.05, 0.1) is 18.2 Å². The van der Waals surface area contributed by atoms with Crippen LogP contribution in [0.25, 0.3) is 11.5 Å². The van der Waals surface area contributed by atoms with Crippen LogP contribution in [0.1, 0.15) is 31.5 Å². The summed E-state index contributed by atoms with van der Waals surface area (Å²) in [5.41, 5.74) is 0.991. The lowest BCUT2D eigenvalue weighted by Gasteiger charge is -2.36. The molecule has 2 fully saturated rings. The Kier molecular flexibility index (Phi) is 3.09. The average molecular weight is 291 g/mol. The summed E-state index contributed by atoms with van der Waals surface area (Å²) in [4.78, 5) is 6.93. The van der Waals surface area contributed by atoms with Crippen molar-refractivity contribution in [3.63, 3.8) is 0 Å². The van der Waals surface area contributed by atoms with Crippen molar-refractivity contribution >= 4 is 11.3 Å². The summed E-state index contributed by atoms with van der Waals surface area (Å²) >= 11 is 1.62. The van der Waals surface area contributed by atoms with E-state index in [1.165, 1.54) is 12.8 Å². The molecule has 2 aliphatic rings. The van der Waals surface area contributed by atoms with E-state index in [-0.39, 0.29) is 6.10 Å². The maximum absolute atomic E-state index is 9.83. The van der Waals surface area contributed by atoms with Gasteiger partial charge in [-0.15, -0.1) is 0 Å². The summed E-state index contributed by atoms with van der Waals surface area (Å²) in [6.45, 7) is 0.732. The normalized spacial score (nSPS) is 29.9. The molecule has 20 heavy (non-hydrogen) atoms. The van der Waals surface area contributed by atoms with Crippen molar-refractivity contribution in [1.29, 1.82) is 0 Å². The maximum atomic E-state index is 9.83. The minimum absolute atomic E-state index is 0.129. The Hall–Kier alpha value is -1.24. The highest BCUT2D eigenvalue weighted by molar-refractivity contribution is 7.08. The molecule has 2 bridgehead atoms. The minimum atomic E-state index is -0.129. The zero-order valence-corrected chi connectivity index (χ0v) is 11.9. The van der Waals surface area contributed by atoms with Crippen molar-refractivity contribution < 1.29 is 9.63 Å². The van der Waals surface area contributed by atoms with Crippen LogP contribution in [0.3, 0.4) is 0 Å². The molecule has 2 saturated heterocycles. The van der Waals surface area contributed by atoms with Crippen molar-refractivity contribution in [2.24, 2.45) is 0 Å². The van der Waals surface area contributed by atoms with E-state index in [2.05, 4.69) is 15.0 Å². The summed E-state index contributed by atoms with van der Waals surface area (Å²) in [5, 5.41) is 17.9. The van der Waals surface area contributed by atoms with Crippen LogP contribution in [0.5, 0.6) is 0 Å². The first-order valence-corrected chi connectivity index (χ1v) is 8.03. The van der Waals surface area contributed by atoms with Gasteiger partial charge in [0.1, 0.15) is 0 Å². The van der Waals surface area contributed by atoms with Crippen molar-refractivity contribution in [1.82, 2.24) is 15.0 Å². The Morgan fingerprint density at radius 2 is 2.15 bits per heavy atom. The predicted molar refractivity (Wildman–Crippen MR) is 75.2 cm³/mol. The van der Waals surface area contributed by atoms with Gasteiger partial charge in [0.15, 0.2) is 5.82 Å². The second kappa shape index (κ2) is 4.95. The summed E-state index contributed by atoms with van der Waals surface area (Å²) in [6.07, 6.45) is 3.99. The smallest absolute Gasteiger partial charge is 0.258 e. The SMILES string of the molecule is OC1CC2CCC(C1)N2Cc1noc(-c2ccsc2)n1. The molecular formula is C14H17N3O2S. The molecule has 2 aromatic rings. The van der Waals surface area contributed by atoms with Gasteiger partial charge in [-0.1, -0.05) is 5.16 Å². The summed E-state index contributed by atoms with van der Waals surface area (Å²) < 4.78 is 5.33. The van der Waals surface area contributed by atoms with Crippen LogP contribution in [0.4, 0.5) is 0 Å². The molecule has 5 nitrogen and oxygen atoms in total. The number of hydrogen-bond acceptors (Lipinski definition) is 6. The molecule has 0 saturated carbocycles. The van der Waals surface area contributed by atoms with Crippen LogP contribution >= 0.6 is 11.3 Å². The predicted octanol–water partition coefficient (Wildman–Crippen LogP) is 2.29. The van der Waals surface area contributed by atoms with Crippen LogP contribution in [-0.4, -0.2) is 38.3 Å². The fourth-order valence-corrected chi connectivity index (χ4v) is 4.12. The van der Waals surface area contributed by atoms with Crippen LogP contribution in [-0.2, 0) is 6.54 Å². The first-order valence-electron chi connectivity index (χ1n) is 7.08. The third-order valence-electron chi connectivity index (χ3n) is 4.42. The standard InChI is InChI=1S/C14H17N3O2S/c18-12-5-10-1-2-11(6-12)17(10)7-13-15-14(19-16-13)9-3-4-20-8-9/h3-4,8,10-12,18H,1-2,5-7H2. The molecule has 6 heteroatoms. The van der Waals surface area contributed by atoms with E-state index in [0.29, 0.717) is 18.0 Å². The Morgan fingerprint density at radius 1 is 1.35 bits per heavy atom. The van der Waals surface area contributed by atoms with Crippen molar-refractivity contribution in [2.45, 2.75) is 50.4 Å². The summed E-state index contributed by atoms with van der Waals surface area (Å²) in [5.74, 6) is 1.35. The van der Waals surface area contributed by atoms with Gasteiger partial charge in [0.2, 0.25) is 0 Å². The molecular weight excluding hydrogens is 274 g/mol. The van der Waals surface area contributed by atoms with Gasteiger partial charge in [-0.25, -0.2) is 0 Å². The van der Waals surface area contributed by atoms with Gasteiger partial charge in [-0.2, -0.15) is 16.3 Å². The van der Waals surface area contributed by atoms with Crippen molar-refractivity contribution in [2.75, 3.05) is 0 Å². The second-order valence-electron chi connectivity index (χ2n) is 5.71. The van der Waals surface area contributed by atoms with E-state index >= 15 is 0 Å². The third kappa shape index (κ3) is 2.17. The molecule has 0 amide bonds. The van der Waals surface area contributed by atoms with E-state index in [9.17, 15) is 5.11 Å². The minimum Gasteiger partial charge on any atom is -0.393 e. The number of nitrogens with zero attached hydrogens (tertiary/aromatic N) is 3. The molecule has 2 unspecified atom stereocenters. The maximum Gasteiger partial charge on any atom is 0.258 e. The van der Waals surface area contributed by atoms with Crippen LogP contribution in [0.2, 0.25) is 0 Å². The quantitative estimate of drug-likeness (QED) is 0.940. The van der Waals surface area contributed by atoms with E-state index in [0.717, 1.165) is 30.8 Å². The number of piperidine rings is 1. The Morgan fingerprint density at radius 3 is 2.85 bits per heavy atom. The Bertz CT molecular complexity index is 569. The van der Waals surface area contributed by atoms with Gasteiger partial charge in [-0.3, -0.25) is 4.90 Å². The summed E-state index contributed by atoms with van der Waals surface area (Å²) in [6, 6.07) is 2.95. The molecule has 2 aromatic heterocycles. The molecule has 4 heterocycles. The average Bonchev–Trinajstić information content (AvgIpc) is 3.12. The lowest BCUT2D eigenvalue weighted by molar-refractivity contribution is 0.0293. The lowest BCUT2D eigenvalue weighted by atomic mass is 10.00. The molecule has 0 aliphatic carbocycles. The first-order chi connectivity index (χ1) is 9.79. The highest BCUT2D eigenvalue weighted by Crippen LogP contribution is 2.36. The van der Waals surface area contributed by atoms with Gasteiger partial charge in [0, 0.05) is 17.5 Å². The number of rotatable bonds is 3. The fraction of sp³-hybridized carbons (Fsp3) is 0.571. The van der Waals surface area contributed by atoms with E-state index in [4.69, 9.17) is 4.52 Å². The zero-order chi connectivity index (χ0) is 13.5. The zero-order valence-electron chi connectivity index (χ0n) is 11.1. The Labute approximate surface area is 121 Å². The molecule has 0 aromatic carbocycles. The van der Waals surface area contributed by atoms with Gasteiger partial charge in [0.25, 0.3) is 5.89 Å². The number of hydrogen-bond donors (Lipinski definition) is 1. The van der Waals surface area contributed by atoms with Crippen molar-refractivity contribution in [3.05, 3.63) is 22.7 Å². The first kappa shape index (κ1) is 12.5. The number of fused-ring (bicyclic) bond motifs is 2. The van der Waals surface area contributed by atoms with E-state index < -0.39 is 0 Å². The highest BCUT2D eigenvalue weighted by Gasteiger charge is 2.40. The summed E-state index contributed by atoms with van der Waals surface area (Å²) in [7, 11) is 0. The topological polar surface area (TPSA) is 62.4 Å².